The Morgan fingerprint density at radius 2 is 1.89 bits per heavy atom. The van der Waals surface area contributed by atoms with E-state index in [0.717, 1.165) is 25.9 Å². The molecule has 38 heavy (non-hydrogen) atoms. The molecule has 1 saturated heterocycles. The molecule has 1 aliphatic heterocycles. The van der Waals surface area contributed by atoms with Crippen LogP contribution in [-0.4, -0.2) is 64.8 Å². The minimum absolute atomic E-state index is 0.00391. The summed E-state index contributed by atoms with van der Waals surface area (Å²) in [7, 11) is 0. The van der Waals surface area contributed by atoms with Crippen LogP contribution in [0, 0.1) is 5.92 Å². The summed E-state index contributed by atoms with van der Waals surface area (Å²) in [5, 5.41) is 22.8. The van der Waals surface area contributed by atoms with E-state index in [2.05, 4.69) is 5.32 Å². The molecule has 4 atom stereocenters. The van der Waals surface area contributed by atoms with Gasteiger partial charge < -0.3 is 25.2 Å². The fourth-order valence-corrected chi connectivity index (χ4v) is 5.77. The summed E-state index contributed by atoms with van der Waals surface area (Å²) in [5.74, 6) is -6.29. The van der Waals surface area contributed by atoms with Gasteiger partial charge in [0, 0.05) is 6.54 Å². The number of likely N-dealkylation sites (tertiary alicyclic amines) is 1. The van der Waals surface area contributed by atoms with Gasteiger partial charge in [-0.1, -0.05) is 41.9 Å². The lowest BCUT2D eigenvalue weighted by atomic mass is 9.95. The average molecular weight is 571 g/mol. The molecule has 3 N–H and O–H groups in total. The van der Waals surface area contributed by atoms with Crippen molar-refractivity contribution < 1.29 is 28.5 Å². The number of alkyl halides is 3. The largest absolute Gasteiger partial charge is 0.489 e. The summed E-state index contributed by atoms with van der Waals surface area (Å²) < 4.78 is 36.6. The van der Waals surface area contributed by atoms with Crippen molar-refractivity contribution in [1.82, 2.24) is 10.2 Å². The number of carbonyl (C=O) groups excluding carboxylic acids is 1. The first-order valence-electron chi connectivity index (χ1n) is 12.8. The zero-order valence-electron chi connectivity index (χ0n) is 21.5. The Morgan fingerprint density at radius 1 is 1.21 bits per heavy atom. The first-order chi connectivity index (χ1) is 17.9. The Bertz CT molecular complexity index is 1140. The van der Waals surface area contributed by atoms with Crippen LogP contribution >= 0.6 is 23.2 Å². The highest BCUT2D eigenvalue weighted by Crippen LogP contribution is 2.48. The van der Waals surface area contributed by atoms with E-state index in [-0.39, 0.29) is 24.6 Å². The van der Waals surface area contributed by atoms with Gasteiger partial charge in [-0.15, -0.1) is 11.6 Å². The zero-order chi connectivity index (χ0) is 27.7. The molecule has 1 heterocycles. The van der Waals surface area contributed by atoms with Gasteiger partial charge in [0.15, 0.2) is 0 Å². The van der Waals surface area contributed by atoms with Crippen molar-refractivity contribution >= 4 is 29.1 Å². The van der Waals surface area contributed by atoms with Gasteiger partial charge in [0.05, 0.1) is 28.0 Å². The number of amides is 1. The van der Waals surface area contributed by atoms with Crippen LogP contribution in [-0.2, 0) is 11.2 Å². The number of benzene rings is 2. The number of hydrogen-bond donors (Lipinski definition) is 3. The molecule has 6 nitrogen and oxygen atoms in total. The Kier molecular flexibility index (Phi) is 8.89. The van der Waals surface area contributed by atoms with Crippen LogP contribution < -0.4 is 10.1 Å². The number of fused-ring (bicyclic) bond motifs is 1. The average Bonchev–Trinajstić information content (AvgIpc) is 3.50. The lowest BCUT2D eigenvalue weighted by Gasteiger charge is -2.32. The van der Waals surface area contributed by atoms with E-state index in [1.807, 2.05) is 4.90 Å². The van der Waals surface area contributed by atoms with E-state index < -0.39 is 40.9 Å². The number of aliphatic hydroxyl groups is 2. The van der Waals surface area contributed by atoms with Gasteiger partial charge in [-0.05, 0) is 75.0 Å². The summed E-state index contributed by atoms with van der Waals surface area (Å²) in [6.07, 6.45) is 0.607. The minimum Gasteiger partial charge on any atom is -0.489 e. The van der Waals surface area contributed by atoms with E-state index in [0.29, 0.717) is 22.4 Å². The van der Waals surface area contributed by atoms with Crippen molar-refractivity contribution in [3.8, 4) is 5.75 Å². The molecule has 208 valence electrons. The van der Waals surface area contributed by atoms with E-state index >= 15 is 8.78 Å². The molecule has 0 bridgehead atoms. The van der Waals surface area contributed by atoms with Crippen LogP contribution in [0.3, 0.4) is 0 Å². The van der Waals surface area contributed by atoms with Crippen molar-refractivity contribution in [2.24, 2.45) is 5.92 Å². The molecule has 2 aromatic rings. The van der Waals surface area contributed by atoms with Crippen molar-refractivity contribution in [3.63, 3.8) is 0 Å². The van der Waals surface area contributed by atoms with E-state index in [1.54, 1.807) is 50.2 Å². The van der Waals surface area contributed by atoms with Gasteiger partial charge in [-0.3, -0.25) is 4.79 Å². The highest BCUT2D eigenvalue weighted by Gasteiger charge is 2.54. The number of hydrogen-bond acceptors (Lipinski definition) is 5. The predicted molar refractivity (Wildman–Crippen MR) is 143 cm³/mol. The predicted octanol–water partition coefficient (Wildman–Crippen LogP) is 4.89. The number of nitrogens with one attached hydrogen (secondary N) is 1. The summed E-state index contributed by atoms with van der Waals surface area (Å²) in [6, 6.07) is 10.5. The van der Waals surface area contributed by atoms with Crippen molar-refractivity contribution in [2.75, 3.05) is 26.2 Å². The normalized spacial score (nSPS) is 21.7. The molecule has 2 aromatic carbocycles. The van der Waals surface area contributed by atoms with Crippen LogP contribution in [0.25, 0.3) is 0 Å². The molecule has 10 heteroatoms. The van der Waals surface area contributed by atoms with Crippen LogP contribution in [0.4, 0.5) is 8.78 Å². The zero-order valence-corrected chi connectivity index (χ0v) is 23.0. The lowest BCUT2D eigenvalue weighted by molar-refractivity contribution is -0.155. The Labute approximate surface area is 231 Å². The summed E-state index contributed by atoms with van der Waals surface area (Å²) in [4.78, 5) is 15.1. The number of aliphatic hydroxyl groups excluding tert-OH is 1. The fourth-order valence-electron chi connectivity index (χ4n) is 5.06. The second-order valence-electron chi connectivity index (χ2n) is 10.9. The summed E-state index contributed by atoms with van der Waals surface area (Å²) in [6.45, 7) is 4.90. The molecule has 0 aromatic heterocycles. The Balaban J connectivity index is 1.52. The topological polar surface area (TPSA) is 82.0 Å². The van der Waals surface area contributed by atoms with Gasteiger partial charge in [-0.25, -0.2) is 0 Å². The van der Waals surface area contributed by atoms with Gasteiger partial charge in [0.1, 0.15) is 18.5 Å². The quantitative estimate of drug-likeness (QED) is 0.354. The Hall–Kier alpha value is -1.97. The monoisotopic (exact) mass is 570 g/mol. The molecule has 1 aliphatic carbocycles. The maximum absolute atomic E-state index is 15.5. The molecule has 4 rings (SSSR count). The number of rotatable bonds is 10. The smallest absolute Gasteiger partial charge is 0.329 e. The van der Waals surface area contributed by atoms with Crippen molar-refractivity contribution in [3.05, 3.63) is 64.2 Å². The number of carbonyl (C=O) groups is 1. The molecule has 0 radical (unpaired) electrons. The SMILES string of the molecule is CC(C)(O)COc1ccc([C@@H](O)[C@@H](CN2CCCC2)NC(=O)C(F)(F)C2Cc3ccccc3C2Cl)cc1Cl. The van der Waals surface area contributed by atoms with Crippen LogP contribution in [0.1, 0.15) is 54.9 Å². The van der Waals surface area contributed by atoms with Crippen LogP contribution in [0.15, 0.2) is 42.5 Å². The molecular weight excluding hydrogens is 537 g/mol. The van der Waals surface area contributed by atoms with Crippen LogP contribution in [0.2, 0.25) is 5.02 Å². The fraction of sp³-hybridized carbons (Fsp3) is 0.536. The number of nitrogens with zero attached hydrogens (tertiary/aromatic N) is 1. The van der Waals surface area contributed by atoms with Crippen molar-refractivity contribution in [1.29, 1.82) is 0 Å². The number of ether oxygens (including phenoxy) is 1. The minimum atomic E-state index is -3.75. The summed E-state index contributed by atoms with van der Waals surface area (Å²) in [5.41, 5.74) is 0.601. The maximum atomic E-state index is 15.5. The second kappa shape index (κ2) is 11.6. The van der Waals surface area contributed by atoms with Gasteiger partial charge >= 0.3 is 5.92 Å². The van der Waals surface area contributed by atoms with E-state index in [9.17, 15) is 15.0 Å². The third kappa shape index (κ3) is 6.59. The molecule has 0 spiro atoms. The van der Waals surface area contributed by atoms with Gasteiger partial charge in [-0.2, -0.15) is 8.78 Å². The van der Waals surface area contributed by atoms with Gasteiger partial charge in [0.25, 0.3) is 5.91 Å². The summed E-state index contributed by atoms with van der Waals surface area (Å²) >= 11 is 12.7. The third-order valence-corrected chi connectivity index (χ3v) is 7.98. The van der Waals surface area contributed by atoms with Crippen LogP contribution in [0.5, 0.6) is 5.75 Å². The highest BCUT2D eigenvalue weighted by molar-refractivity contribution is 6.32. The first-order valence-corrected chi connectivity index (χ1v) is 13.6. The molecular formula is C28H34Cl2F2N2O4. The van der Waals surface area contributed by atoms with E-state index in [1.165, 1.54) is 6.07 Å². The number of halogens is 4. The highest BCUT2D eigenvalue weighted by atomic mass is 35.5. The standard InChI is InChI=1S/C28H34Cl2F2N2O4/c1-27(2,37)16-38-23-10-9-18(14-21(23)29)25(35)22(15-34-11-5-6-12-34)33-26(36)28(31,32)20-13-17-7-3-4-8-19(17)24(20)30/h3-4,7-10,14,20,22,24-25,35,37H,5-6,11-13,15-16H2,1-2H3,(H,33,36)/t20?,22-,24?,25-/m1/s1. The van der Waals surface area contributed by atoms with E-state index in [4.69, 9.17) is 27.9 Å². The molecule has 2 unspecified atom stereocenters. The molecule has 0 saturated carbocycles. The second-order valence-corrected chi connectivity index (χ2v) is 11.7. The molecule has 2 aliphatic rings. The molecule has 1 fully saturated rings. The Morgan fingerprint density at radius 3 is 2.53 bits per heavy atom. The maximum Gasteiger partial charge on any atom is 0.329 e. The molecule has 1 amide bonds. The van der Waals surface area contributed by atoms with Crippen molar-refractivity contribution in [2.45, 2.75) is 62.2 Å². The third-order valence-electron chi connectivity index (χ3n) is 7.14. The first kappa shape index (κ1) is 29.0. The van der Waals surface area contributed by atoms with Gasteiger partial charge in [0.2, 0.25) is 0 Å². The lowest BCUT2D eigenvalue weighted by Crippen LogP contribution is -2.54.